The number of fused-ring (bicyclic) bond motifs is 1. The van der Waals surface area contributed by atoms with E-state index in [1.54, 1.807) is 16.4 Å². The van der Waals surface area contributed by atoms with Crippen LogP contribution in [0.4, 0.5) is 5.95 Å². The van der Waals surface area contributed by atoms with Gasteiger partial charge in [-0.05, 0) is 49.9 Å². The van der Waals surface area contributed by atoms with E-state index in [1.165, 1.54) is 5.56 Å². The molecule has 7 nitrogen and oxygen atoms in total. The summed E-state index contributed by atoms with van der Waals surface area (Å²) < 4.78 is 13.3. The maximum atomic E-state index is 13.1. The predicted octanol–water partition coefficient (Wildman–Crippen LogP) is 6.30. The van der Waals surface area contributed by atoms with Crippen molar-refractivity contribution in [1.82, 2.24) is 14.8 Å². The van der Waals surface area contributed by atoms with Gasteiger partial charge in [-0.3, -0.25) is 0 Å². The van der Waals surface area contributed by atoms with E-state index in [1.807, 2.05) is 38.1 Å². The molecule has 0 saturated heterocycles. The molecule has 2 aromatic carbocycles. The first-order valence-electron chi connectivity index (χ1n) is 12.5. The van der Waals surface area contributed by atoms with E-state index in [2.05, 4.69) is 48.4 Å². The second-order valence-electron chi connectivity index (χ2n) is 8.91. The number of nitrogens with one attached hydrogen (secondary N) is 1. The van der Waals surface area contributed by atoms with Crippen molar-refractivity contribution >= 4 is 23.7 Å². The van der Waals surface area contributed by atoms with Crippen LogP contribution in [0.5, 0.6) is 5.75 Å². The molecule has 1 aromatic heterocycles. The van der Waals surface area contributed by atoms with Gasteiger partial charge in [0.05, 0.1) is 12.2 Å². The highest BCUT2D eigenvalue weighted by molar-refractivity contribution is 7.99. The van der Waals surface area contributed by atoms with Gasteiger partial charge < -0.3 is 14.8 Å². The first-order chi connectivity index (χ1) is 17.5. The normalized spacial score (nSPS) is 14.8. The fourth-order valence-corrected chi connectivity index (χ4v) is 4.86. The van der Waals surface area contributed by atoms with Crippen LogP contribution < -0.4 is 10.1 Å². The van der Waals surface area contributed by atoms with E-state index in [-0.39, 0.29) is 5.97 Å². The van der Waals surface area contributed by atoms with Crippen molar-refractivity contribution in [2.24, 2.45) is 0 Å². The molecule has 2 heterocycles. The number of benzene rings is 2. The summed E-state index contributed by atoms with van der Waals surface area (Å²) >= 11 is 1.63. The highest BCUT2D eigenvalue weighted by Crippen LogP contribution is 2.37. The van der Waals surface area contributed by atoms with E-state index in [0.717, 1.165) is 47.6 Å². The highest BCUT2D eigenvalue weighted by Gasteiger charge is 2.35. The third-order valence-corrected chi connectivity index (χ3v) is 6.87. The van der Waals surface area contributed by atoms with Gasteiger partial charge in [0.25, 0.3) is 0 Å². The molecule has 0 bridgehead atoms. The van der Waals surface area contributed by atoms with Gasteiger partial charge in [-0.25, -0.2) is 9.48 Å². The van der Waals surface area contributed by atoms with Crippen molar-refractivity contribution in [2.75, 3.05) is 17.7 Å². The third-order valence-electron chi connectivity index (χ3n) is 5.94. The molecule has 1 aliphatic heterocycles. The van der Waals surface area contributed by atoms with E-state index in [9.17, 15) is 4.79 Å². The number of hydrogen-bond acceptors (Lipinski definition) is 7. The van der Waals surface area contributed by atoms with Crippen molar-refractivity contribution in [3.05, 3.63) is 76.5 Å². The summed E-state index contributed by atoms with van der Waals surface area (Å²) in [5.74, 6) is 2.00. The minimum Gasteiger partial charge on any atom is -0.489 e. The molecule has 190 valence electrons. The number of allylic oxidation sites excluding steroid dienone is 1. The Balaban J connectivity index is 1.60. The molecule has 1 N–H and O–H groups in total. The van der Waals surface area contributed by atoms with E-state index < -0.39 is 6.04 Å². The highest BCUT2D eigenvalue weighted by atomic mass is 32.2. The lowest BCUT2D eigenvalue weighted by Gasteiger charge is -2.28. The molecule has 0 fully saturated rings. The molecule has 0 saturated carbocycles. The summed E-state index contributed by atoms with van der Waals surface area (Å²) in [6.45, 7) is 8.97. The molecule has 1 atom stereocenters. The number of thioether (sulfide) groups is 1. The molecule has 8 heteroatoms. The van der Waals surface area contributed by atoms with E-state index >= 15 is 0 Å². The molecule has 1 aliphatic rings. The number of anilines is 1. The average molecular weight is 507 g/mol. The molecule has 4 rings (SSSR count). The Hall–Kier alpha value is -3.26. The molecule has 0 amide bonds. The van der Waals surface area contributed by atoms with Crippen LogP contribution in [0.15, 0.2) is 65.0 Å². The van der Waals surface area contributed by atoms with Gasteiger partial charge in [0.2, 0.25) is 11.1 Å². The zero-order valence-corrected chi connectivity index (χ0v) is 22.2. The Morgan fingerprint density at radius 2 is 1.81 bits per heavy atom. The van der Waals surface area contributed by atoms with Gasteiger partial charge in [-0.1, -0.05) is 74.0 Å². The molecular formula is C28H34N4O3S. The van der Waals surface area contributed by atoms with Crippen molar-refractivity contribution in [3.63, 3.8) is 0 Å². The lowest BCUT2D eigenvalue weighted by Crippen LogP contribution is -2.29. The molecule has 0 radical (unpaired) electrons. The first kappa shape index (κ1) is 25.8. The number of ether oxygens (including phenoxy) is 2. The molecular weight excluding hydrogens is 472 g/mol. The third kappa shape index (κ3) is 6.10. The van der Waals surface area contributed by atoms with Crippen LogP contribution in [0, 0.1) is 6.92 Å². The van der Waals surface area contributed by atoms with Gasteiger partial charge in [0.1, 0.15) is 18.4 Å². The number of hydrogen-bond donors (Lipinski definition) is 1. The number of rotatable bonds is 11. The van der Waals surface area contributed by atoms with Crippen LogP contribution in [0.3, 0.4) is 0 Å². The standard InChI is InChI=1S/C28H34N4O3S/c1-5-7-17-36-28-30-27-29-20(4)24(26(33)34-16-6-2)25(32(27)31-28)22-12-14-23(15-13-22)35-18-21-10-8-19(3)9-11-21/h8-15,25H,5-7,16-18H2,1-4H3,(H,29,30,31). The van der Waals surface area contributed by atoms with Crippen LogP contribution in [-0.4, -0.2) is 33.1 Å². The monoisotopic (exact) mass is 506 g/mol. The second kappa shape index (κ2) is 12.1. The number of nitrogens with zero attached hydrogens (tertiary/aromatic N) is 3. The smallest absolute Gasteiger partial charge is 0.338 e. The largest absolute Gasteiger partial charge is 0.489 e. The quantitative estimate of drug-likeness (QED) is 0.186. The maximum Gasteiger partial charge on any atom is 0.338 e. The van der Waals surface area contributed by atoms with Crippen LogP contribution in [0.25, 0.3) is 0 Å². The zero-order chi connectivity index (χ0) is 25.5. The van der Waals surface area contributed by atoms with Crippen molar-refractivity contribution in [1.29, 1.82) is 0 Å². The summed E-state index contributed by atoms with van der Waals surface area (Å²) in [5, 5.41) is 8.73. The van der Waals surface area contributed by atoms with Crippen molar-refractivity contribution < 1.29 is 14.3 Å². The number of aryl methyl sites for hydroxylation is 1. The summed E-state index contributed by atoms with van der Waals surface area (Å²) in [6.07, 6.45) is 2.98. The Morgan fingerprint density at radius 3 is 2.50 bits per heavy atom. The molecule has 3 aromatic rings. The Kier molecular flexibility index (Phi) is 8.70. The molecule has 36 heavy (non-hydrogen) atoms. The molecule has 0 spiro atoms. The van der Waals surface area contributed by atoms with Crippen LogP contribution in [0.1, 0.15) is 62.8 Å². The maximum absolute atomic E-state index is 13.1. The fraction of sp³-hybridized carbons (Fsp3) is 0.393. The number of esters is 1. The average Bonchev–Trinajstić information content (AvgIpc) is 3.28. The van der Waals surface area contributed by atoms with Gasteiger partial charge in [-0.2, -0.15) is 4.98 Å². The summed E-state index contributed by atoms with van der Waals surface area (Å²) in [5.41, 5.74) is 4.52. The number of unbranched alkanes of at least 4 members (excludes halogenated alkanes) is 1. The van der Waals surface area contributed by atoms with Gasteiger partial charge in [0, 0.05) is 11.4 Å². The fourth-order valence-electron chi connectivity index (χ4n) is 3.94. The SMILES string of the molecule is CCCCSc1nc2n(n1)C(c1ccc(OCc3ccc(C)cc3)cc1)C(C(=O)OCCC)=C(C)N2. The topological polar surface area (TPSA) is 78.3 Å². The van der Waals surface area contributed by atoms with Crippen LogP contribution in [-0.2, 0) is 16.1 Å². The van der Waals surface area contributed by atoms with E-state index in [0.29, 0.717) is 29.9 Å². The summed E-state index contributed by atoms with van der Waals surface area (Å²) in [6, 6.07) is 15.7. The lowest BCUT2D eigenvalue weighted by molar-refractivity contribution is -0.139. The Bertz CT molecular complexity index is 1200. The Morgan fingerprint density at radius 1 is 1.06 bits per heavy atom. The molecule has 1 unspecified atom stereocenters. The minimum atomic E-state index is -0.440. The first-order valence-corrected chi connectivity index (χ1v) is 13.5. The van der Waals surface area contributed by atoms with Gasteiger partial charge >= 0.3 is 5.97 Å². The number of carbonyl (C=O) groups excluding carboxylic acids is 1. The van der Waals surface area contributed by atoms with Crippen LogP contribution in [0.2, 0.25) is 0 Å². The number of carbonyl (C=O) groups is 1. The Labute approximate surface area is 217 Å². The summed E-state index contributed by atoms with van der Waals surface area (Å²) in [7, 11) is 0. The lowest BCUT2D eigenvalue weighted by atomic mass is 9.96. The second-order valence-corrected chi connectivity index (χ2v) is 9.97. The van der Waals surface area contributed by atoms with Crippen molar-refractivity contribution in [3.8, 4) is 5.75 Å². The summed E-state index contributed by atoms with van der Waals surface area (Å²) in [4.78, 5) is 17.8. The van der Waals surface area contributed by atoms with E-state index in [4.69, 9.17) is 14.6 Å². The van der Waals surface area contributed by atoms with Gasteiger partial charge in [0.15, 0.2) is 0 Å². The van der Waals surface area contributed by atoms with Gasteiger partial charge in [-0.15, -0.1) is 5.10 Å². The molecule has 0 aliphatic carbocycles. The minimum absolute atomic E-state index is 0.340. The predicted molar refractivity (Wildman–Crippen MR) is 143 cm³/mol. The number of aromatic nitrogens is 3. The zero-order valence-electron chi connectivity index (χ0n) is 21.4. The van der Waals surface area contributed by atoms with Crippen LogP contribution >= 0.6 is 11.8 Å². The van der Waals surface area contributed by atoms with Crippen molar-refractivity contribution in [2.45, 2.75) is 64.8 Å².